The number of para-hydroxylation sites is 1. The Bertz CT molecular complexity index is 726. The Morgan fingerprint density at radius 3 is 2.62 bits per heavy atom. The molecule has 0 amide bonds. The first-order valence-electron chi connectivity index (χ1n) is 6.46. The van der Waals surface area contributed by atoms with Gasteiger partial charge < -0.3 is 0 Å². The zero-order valence-electron chi connectivity index (χ0n) is 11.1. The highest BCUT2D eigenvalue weighted by atomic mass is 35.5. The van der Waals surface area contributed by atoms with Crippen molar-refractivity contribution in [2.24, 2.45) is 5.84 Å². The molecule has 0 saturated heterocycles. The lowest BCUT2D eigenvalue weighted by atomic mass is 10.1. The van der Waals surface area contributed by atoms with Gasteiger partial charge in [-0.3, -0.25) is 5.84 Å². The van der Waals surface area contributed by atoms with Crippen molar-refractivity contribution in [3.63, 3.8) is 0 Å². The molecule has 0 saturated carbocycles. The summed E-state index contributed by atoms with van der Waals surface area (Å²) in [6.45, 7) is 0. The van der Waals surface area contributed by atoms with Gasteiger partial charge in [0.25, 0.3) is 0 Å². The molecule has 0 aliphatic heterocycles. The molecule has 0 aliphatic rings. The maximum absolute atomic E-state index is 5.96. The van der Waals surface area contributed by atoms with Crippen LogP contribution in [0, 0.1) is 0 Å². The second-order valence-corrected chi connectivity index (χ2v) is 4.90. The van der Waals surface area contributed by atoms with Crippen LogP contribution in [-0.4, -0.2) is 14.8 Å². The van der Waals surface area contributed by atoms with E-state index in [1.54, 1.807) is 18.5 Å². The van der Waals surface area contributed by atoms with Crippen LogP contribution in [0.3, 0.4) is 0 Å². The third-order valence-electron chi connectivity index (χ3n) is 3.22. The molecule has 0 spiro atoms. The molecule has 3 N–H and O–H groups in total. The average Bonchev–Trinajstić information content (AvgIpc) is 2.98. The van der Waals surface area contributed by atoms with E-state index in [-0.39, 0.29) is 6.04 Å². The summed E-state index contributed by atoms with van der Waals surface area (Å²) < 4.78 is 1.85. The van der Waals surface area contributed by atoms with E-state index in [4.69, 9.17) is 17.4 Å². The Morgan fingerprint density at radius 1 is 1.10 bits per heavy atom. The van der Waals surface area contributed by atoms with Crippen molar-refractivity contribution in [3.05, 3.63) is 77.3 Å². The van der Waals surface area contributed by atoms with Crippen molar-refractivity contribution in [2.75, 3.05) is 0 Å². The Kier molecular flexibility index (Phi) is 3.96. The zero-order valence-corrected chi connectivity index (χ0v) is 11.9. The number of benzene rings is 1. The van der Waals surface area contributed by atoms with Crippen LogP contribution in [-0.2, 0) is 0 Å². The van der Waals surface area contributed by atoms with E-state index in [0.29, 0.717) is 5.15 Å². The normalized spacial score (nSPS) is 12.3. The summed E-state index contributed by atoms with van der Waals surface area (Å²) in [5.74, 6) is 5.74. The Hall–Kier alpha value is -2.21. The molecule has 21 heavy (non-hydrogen) atoms. The van der Waals surface area contributed by atoms with Gasteiger partial charge in [0.1, 0.15) is 5.15 Å². The molecular weight excluding hydrogens is 286 g/mol. The van der Waals surface area contributed by atoms with E-state index >= 15 is 0 Å². The van der Waals surface area contributed by atoms with Crippen molar-refractivity contribution in [1.82, 2.24) is 20.2 Å². The van der Waals surface area contributed by atoms with Gasteiger partial charge >= 0.3 is 0 Å². The fourth-order valence-electron chi connectivity index (χ4n) is 2.27. The van der Waals surface area contributed by atoms with E-state index < -0.39 is 0 Å². The molecule has 6 heteroatoms. The number of hydrogen-bond acceptors (Lipinski definition) is 4. The molecule has 1 atom stereocenters. The third kappa shape index (κ3) is 2.80. The molecule has 2 heterocycles. The van der Waals surface area contributed by atoms with Gasteiger partial charge in [0, 0.05) is 12.4 Å². The van der Waals surface area contributed by atoms with E-state index in [9.17, 15) is 0 Å². The molecule has 0 bridgehead atoms. The van der Waals surface area contributed by atoms with Gasteiger partial charge in [-0.05, 0) is 35.9 Å². The van der Waals surface area contributed by atoms with Gasteiger partial charge in [-0.1, -0.05) is 29.8 Å². The molecule has 1 aromatic carbocycles. The van der Waals surface area contributed by atoms with Crippen LogP contribution < -0.4 is 11.3 Å². The van der Waals surface area contributed by atoms with Gasteiger partial charge in [-0.2, -0.15) is 5.10 Å². The van der Waals surface area contributed by atoms with Crippen molar-refractivity contribution in [1.29, 1.82) is 0 Å². The van der Waals surface area contributed by atoms with E-state index in [2.05, 4.69) is 15.5 Å². The van der Waals surface area contributed by atoms with Gasteiger partial charge in [0.15, 0.2) is 0 Å². The predicted molar refractivity (Wildman–Crippen MR) is 82.0 cm³/mol. The maximum Gasteiger partial charge on any atom is 0.129 e. The molecule has 3 rings (SSSR count). The highest BCUT2D eigenvalue weighted by Crippen LogP contribution is 2.24. The third-order valence-corrected chi connectivity index (χ3v) is 3.43. The predicted octanol–water partition coefficient (Wildman–Crippen LogP) is 2.47. The van der Waals surface area contributed by atoms with Crippen LogP contribution in [0.25, 0.3) is 5.69 Å². The first-order valence-corrected chi connectivity index (χ1v) is 6.84. The number of hydrazine groups is 1. The number of rotatable bonds is 4. The zero-order chi connectivity index (χ0) is 14.7. The van der Waals surface area contributed by atoms with E-state index in [1.807, 2.05) is 47.1 Å². The minimum Gasteiger partial charge on any atom is -0.271 e. The molecule has 106 valence electrons. The summed E-state index contributed by atoms with van der Waals surface area (Å²) in [5.41, 5.74) is 5.63. The lowest BCUT2D eigenvalue weighted by molar-refractivity contribution is 0.597. The van der Waals surface area contributed by atoms with Gasteiger partial charge in [0.2, 0.25) is 0 Å². The van der Waals surface area contributed by atoms with Crippen LogP contribution in [0.1, 0.15) is 17.3 Å². The number of halogens is 1. The van der Waals surface area contributed by atoms with Crippen LogP contribution in [0.15, 0.2) is 60.9 Å². The summed E-state index contributed by atoms with van der Waals surface area (Å²) in [4.78, 5) is 3.99. The highest BCUT2D eigenvalue weighted by molar-refractivity contribution is 6.29. The molecule has 0 fully saturated rings. The average molecular weight is 300 g/mol. The smallest absolute Gasteiger partial charge is 0.129 e. The summed E-state index contributed by atoms with van der Waals surface area (Å²) in [6.07, 6.45) is 3.40. The molecule has 3 aromatic rings. The van der Waals surface area contributed by atoms with E-state index in [1.165, 1.54) is 0 Å². The lowest BCUT2D eigenvalue weighted by Gasteiger charge is -2.18. The molecule has 5 nitrogen and oxygen atoms in total. The van der Waals surface area contributed by atoms with Crippen molar-refractivity contribution in [3.8, 4) is 5.69 Å². The molecule has 0 radical (unpaired) electrons. The number of nitrogens with one attached hydrogen (secondary N) is 1. The van der Waals surface area contributed by atoms with E-state index in [0.717, 1.165) is 16.9 Å². The van der Waals surface area contributed by atoms with Gasteiger partial charge in [0.05, 0.1) is 17.4 Å². The highest BCUT2D eigenvalue weighted by Gasteiger charge is 2.18. The Labute approximate surface area is 127 Å². The standard InChI is InChI=1S/C15H14ClN5/c16-14-10-11(6-8-18-14)15(20-17)13-7-9-19-21(13)12-4-2-1-3-5-12/h1-10,15,20H,17H2. The Balaban J connectivity index is 2.05. The molecule has 1 unspecified atom stereocenters. The summed E-state index contributed by atoms with van der Waals surface area (Å²) >= 11 is 5.96. The van der Waals surface area contributed by atoms with Crippen LogP contribution >= 0.6 is 11.6 Å². The molecule has 0 aliphatic carbocycles. The van der Waals surface area contributed by atoms with Crippen LogP contribution in [0.2, 0.25) is 5.15 Å². The van der Waals surface area contributed by atoms with Crippen molar-refractivity contribution >= 4 is 11.6 Å². The first kappa shape index (κ1) is 13.8. The first-order chi connectivity index (χ1) is 10.3. The van der Waals surface area contributed by atoms with Crippen LogP contribution in [0.5, 0.6) is 0 Å². The number of nitrogens with zero attached hydrogens (tertiary/aromatic N) is 3. The second-order valence-electron chi connectivity index (χ2n) is 4.52. The monoisotopic (exact) mass is 299 g/mol. The quantitative estimate of drug-likeness (QED) is 0.441. The summed E-state index contributed by atoms with van der Waals surface area (Å²) in [7, 11) is 0. The Morgan fingerprint density at radius 2 is 1.90 bits per heavy atom. The topological polar surface area (TPSA) is 68.8 Å². The fourth-order valence-corrected chi connectivity index (χ4v) is 2.45. The fraction of sp³-hybridized carbons (Fsp3) is 0.0667. The van der Waals surface area contributed by atoms with Crippen LogP contribution in [0.4, 0.5) is 0 Å². The molecular formula is C15H14ClN5. The van der Waals surface area contributed by atoms with Crippen molar-refractivity contribution in [2.45, 2.75) is 6.04 Å². The van der Waals surface area contributed by atoms with Crippen molar-refractivity contribution < 1.29 is 0 Å². The number of aromatic nitrogens is 3. The molecule has 2 aromatic heterocycles. The maximum atomic E-state index is 5.96. The van der Waals surface area contributed by atoms with Gasteiger partial charge in [-0.15, -0.1) is 0 Å². The lowest BCUT2D eigenvalue weighted by Crippen LogP contribution is -2.30. The van der Waals surface area contributed by atoms with Gasteiger partial charge in [-0.25, -0.2) is 15.1 Å². The minimum atomic E-state index is -0.229. The summed E-state index contributed by atoms with van der Waals surface area (Å²) in [6, 6.07) is 15.2. The number of pyridine rings is 1. The SMILES string of the molecule is NNC(c1ccnc(Cl)c1)c1ccnn1-c1ccccc1. The number of hydrogen-bond donors (Lipinski definition) is 2. The minimum absolute atomic E-state index is 0.229. The second kappa shape index (κ2) is 6.05. The largest absolute Gasteiger partial charge is 0.271 e. The summed E-state index contributed by atoms with van der Waals surface area (Å²) in [5, 5.41) is 4.80. The number of nitrogens with two attached hydrogens (primary N) is 1.